The Bertz CT molecular complexity index is 507. The van der Waals surface area contributed by atoms with Gasteiger partial charge in [-0.05, 0) is 25.7 Å². The lowest BCUT2D eigenvalue weighted by Crippen LogP contribution is -2.47. The molecule has 7 nitrogen and oxygen atoms in total. The number of hydrogen-bond acceptors (Lipinski definition) is 4. The Hall–Kier alpha value is -1.63. The van der Waals surface area contributed by atoms with Gasteiger partial charge in [-0.15, -0.1) is 10.2 Å². The van der Waals surface area contributed by atoms with E-state index in [4.69, 9.17) is 9.73 Å². The van der Waals surface area contributed by atoms with Crippen LogP contribution in [0.25, 0.3) is 0 Å². The Labute approximate surface area is 145 Å². The van der Waals surface area contributed by atoms with Crippen LogP contribution in [0.15, 0.2) is 11.3 Å². The molecule has 0 bridgehead atoms. The Balaban J connectivity index is 1.86. The van der Waals surface area contributed by atoms with Gasteiger partial charge in [0, 0.05) is 32.7 Å². The number of aliphatic imine (C=N–C) groups is 1. The minimum absolute atomic E-state index is 0.257. The number of hydrogen-bond donors (Lipinski definition) is 2. The predicted molar refractivity (Wildman–Crippen MR) is 96.1 cm³/mol. The van der Waals surface area contributed by atoms with Gasteiger partial charge in [0.15, 0.2) is 5.96 Å². The van der Waals surface area contributed by atoms with Gasteiger partial charge >= 0.3 is 0 Å². The number of nitrogens with one attached hydrogen (secondary N) is 2. The molecule has 2 heterocycles. The van der Waals surface area contributed by atoms with Crippen molar-refractivity contribution in [1.82, 2.24) is 25.4 Å². The molecule has 2 N–H and O–H groups in total. The smallest absolute Gasteiger partial charge is 0.191 e. The third kappa shape index (κ3) is 5.78. The summed E-state index contributed by atoms with van der Waals surface area (Å²) in [6.07, 6.45) is 5.22. The van der Waals surface area contributed by atoms with Crippen LogP contribution in [0.1, 0.15) is 46.4 Å². The maximum Gasteiger partial charge on any atom is 0.191 e. The van der Waals surface area contributed by atoms with Crippen LogP contribution in [-0.4, -0.2) is 52.6 Å². The Morgan fingerprint density at radius 3 is 2.96 bits per heavy atom. The zero-order valence-corrected chi connectivity index (χ0v) is 15.5. The van der Waals surface area contributed by atoms with Crippen LogP contribution in [0.4, 0.5) is 0 Å². The van der Waals surface area contributed by atoms with E-state index in [0.29, 0.717) is 5.92 Å². The quantitative estimate of drug-likeness (QED) is 0.557. The fourth-order valence-electron chi connectivity index (χ4n) is 2.77. The summed E-state index contributed by atoms with van der Waals surface area (Å²) in [5, 5.41) is 15.0. The van der Waals surface area contributed by atoms with Gasteiger partial charge in [-0.1, -0.05) is 20.8 Å². The summed E-state index contributed by atoms with van der Waals surface area (Å²) in [5.74, 6) is 2.40. The molecule has 0 spiro atoms. The second kappa shape index (κ2) is 9.61. The molecule has 2 unspecified atom stereocenters. The van der Waals surface area contributed by atoms with Crippen molar-refractivity contribution in [2.24, 2.45) is 10.9 Å². The van der Waals surface area contributed by atoms with Crippen molar-refractivity contribution >= 4 is 5.96 Å². The lowest BCUT2D eigenvalue weighted by Gasteiger charge is -2.23. The molecule has 0 aromatic carbocycles. The van der Waals surface area contributed by atoms with Crippen molar-refractivity contribution in [1.29, 1.82) is 0 Å². The second-order valence-electron chi connectivity index (χ2n) is 6.79. The summed E-state index contributed by atoms with van der Waals surface area (Å²) >= 11 is 0. The highest BCUT2D eigenvalue weighted by Gasteiger charge is 2.23. The van der Waals surface area contributed by atoms with Crippen LogP contribution < -0.4 is 10.6 Å². The van der Waals surface area contributed by atoms with Gasteiger partial charge in [0.2, 0.25) is 0 Å². The Morgan fingerprint density at radius 1 is 1.46 bits per heavy atom. The molecule has 2 atom stereocenters. The molecule has 1 aromatic rings. The van der Waals surface area contributed by atoms with Crippen LogP contribution in [0, 0.1) is 5.92 Å². The number of nitrogens with zero attached hydrogens (tertiary/aromatic N) is 4. The first-order chi connectivity index (χ1) is 11.6. The molecule has 0 saturated carbocycles. The summed E-state index contributed by atoms with van der Waals surface area (Å²) in [5.41, 5.74) is 0. The molecular formula is C17H32N6O. The molecule has 1 aromatic heterocycles. The highest BCUT2D eigenvalue weighted by molar-refractivity contribution is 5.80. The molecule has 24 heavy (non-hydrogen) atoms. The normalized spacial score (nSPS) is 19.7. The number of aromatic nitrogens is 3. The van der Waals surface area contributed by atoms with Crippen LogP contribution >= 0.6 is 0 Å². The number of guanidine groups is 1. The zero-order chi connectivity index (χ0) is 17.4. The standard InChI is InChI=1S/C17H32N6O/c1-5-16-22-20-12-23(16)9-8-18-17(19-11-13(2)3)21-14(4)15-7-6-10-24-15/h12-15H,5-11H2,1-4H3,(H2,18,19,21). The van der Waals surface area contributed by atoms with E-state index in [9.17, 15) is 0 Å². The van der Waals surface area contributed by atoms with E-state index in [0.717, 1.165) is 57.3 Å². The van der Waals surface area contributed by atoms with E-state index < -0.39 is 0 Å². The van der Waals surface area contributed by atoms with Gasteiger partial charge in [0.25, 0.3) is 0 Å². The summed E-state index contributed by atoms with van der Waals surface area (Å²) < 4.78 is 7.85. The molecule has 0 amide bonds. The molecule has 1 aliphatic heterocycles. The topological polar surface area (TPSA) is 76.4 Å². The summed E-state index contributed by atoms with van der Waals surface area (Å²) in [6.45, 7) is 11.9. The lowest BCUT2D eigenvalue weighted by atomic mass is 10.1. The van der Waals surface area contributed by atoms with Crippen LogP contribution in [0.2, 0.25) is 0 Å². The molecule has 136 valence electrons. The first-order valence-electron chi connectivity index (χ1n) is 9.13. The largest absolute Gasteiger partial charge is 0.376 e. The van der Waals surface area contributed by atoms with Gasteiger partial charge in [-0.2, -0.15) is 0 Å². The first-order valence-corrected chi connectivity index (χ1v) is 9.13. The van der Waals surface area contributed by atoms with E-state index in [1.165, 1.54) is 0 Å². The third-order valence-electron chi connectivity index (χ3n) is 4.16. The number of rotatable bonds is 8. The SMILES string of the molecule is CCc1nncn1CCNC(=NCC(C)C)NC(C)C1CCCO1. The summed E-state index contributed by atoms with van der Waals surface area (Å²) in [7, 11) is 0. The van der Waals surface area contributed by atoms with Crippen LogP contribution in [0.3, 0.4) is 0 Å². The van der Waals surface area contributed by atoms with Crippen molar-refractivity contribution in [3.63, 3.8) is 0 Å². The average molecular weight is 336 g/mol. The minimum Gasteiger partial charge on any atom is -0.376 e. The Morgan fingerprint density at radius 2 is 2.29 bits per heavy atom. The third-order valence-corrected chi connectivity index (χ3v) is 4.16. The van der Waals surface area contributed by atoms with E-state index >= 15 is 0 Å². The number of aryl methyl sites for hydroxylation is 1. The van der Waals surface area contributed by atoms with Crippen molar-refractivity contribution in [2.45, 2.75) is 65.6 Å². The van der Waals surface area contributed by atoms with Gasteiger partial charge in [-0.3, -0.25) is 4.99 Å². The highest BCUT2D eigenvalue weighted by Crippen LogP contribution is 2.15. The average Bonchev–Trinajstić information content (AvgIpc) is 3.23. The van der Waals surface area contributed by atoms with E-state index in [2.05, 4.69) is 53.1 Å². The first kappa shape index (κ1) is 18.7. The van der Waals surface area contributed by atoms with Crippen molar-refractivity contribution < 1.29 is 4.74 Å². The summed E-state index contributed by atoms with van der Waals surface area (Å²) in [6, 6.07) is 0.257. The summed E-state index contributed by atoms with van der Waals surface area (Å²) in [4.78, 5) is 4.69. The Kier molecular flexibility index (Phi) is 7.49. The fraction of sp³-hybridized carbons (Fsp3) is 0.824. The van der Waals surface area contributed by atoms with Crippen LogP contribution in [0.5, 0.6) is 0 Å². The number of ether oxygens (including phenoxy) is 1. The van der Waals surface area contributed by atoms with E-state index in [1.807, 2.05) is 0 Å². The lowest BCUT2D eigenvalue weighted by molar-refractivity contribution is 0.0890. The molecule has 0 radical (unpaired) electrons. The van der Waals surface area contributed by atoms with Crippen LogP contribution in [-0.2, 0) is 17.7 Å². The molecule has 1 aliphatic rings. The van der Waals surface area contributed by atoms with Crippen molar-refractivity contribution in [3.05, 3.63) is 12.2 Å². The van der Waals surface area contributed by atoms with Gasteiger partial charge < -0.3 is 19.9 Å². The van der Waals surface area contributed by atoms with Gasteiger partial charge in [0.1, 0.15) is 12.2 Å². The monoisotopic (exact) mass is 336 g/mol. The highest BCUT2D eigenvalue weighted by atomic mass is 16.5. The zero-order valence-electron chi connectivity index (χ0n) is 15.5. The maximum absolute atomic E-state index is 5.77. The van der Waals surface area contributed by atoms with E-state index in [-0.39, 0.29) is 12.1 Å². The molecule has 0 aliphatic carbocycles. The van der Waals surface area contributed by atoms with Crippen molar-refractivity contribution in [3.8, 4) is 0 Å². The van der Waals surface area contributed by atoms with E-state index in [1.54, 1.807) is 6.33 Å². The molecule has 1 saturated heterocycles. The maximum atomic E-state index is 5.77. The van der Waals surface area contributed by atoms with Gasteiger partial charge in [-0.25, -0.2) is 0 Å². The fourth-order valence-corrected chi connectivity index (χ4v) is 2.77. The second-order valence-corrected chi connectivity index (χ2v) is 6.79. The molecule has 7 heteroatoms. The molecule has 1 fully saturated rings. The van der Waals surface area contributed by atoms with Gasteiger partial charge in [0.05, 0.1) is 12.1 Å². The molecular weight excluding hydrogens is 304 g/mol. The molecule has 2 rings (SSSR count). The minimum atomic E-state index is 0.257. The predicted octanol–water partition coefficient (Wildman–Crippen LogP) is 1.60. The van der Waals surface area contributed by atoms with Crippen molar-refractivity contribution in [2.75, 3.05) is 19.7 Å².